The van der Waals surface area contributed by atoms with Crippen LogP contribution >= 0.6 is 0 Å². The number of hydrogen-bond acceptors (Lipinski definition) is 7. The molecule has 2 N–H and O–H groups in total. The summed E-state index contributed by atoms with van der Waals surface area (Å²) in [5.41, 5.74) is 8.74. The molecule has 4 aromatic rings. The lowest BCUT2D eigenvalue weighted by Crippen LogP contribution is -2.52. The van der Waals surface area contributed by atoms with Crippen LogP contribution in [0.25, 0.3) is 11.1 Å². The van der Waals surface area contributed by atoms with Crippen LogP contribution in [0.3, 0.4) is 0 Å². The second-order valence-corrected chi connectivity index (χ2v) is 15.4. The van der Waals surface area contributed by atoms with Gasteiger partial charge in [-0.3, -0.25) is 19.7 Å². The lowest BCUT2D eigenvalue weighted by molar-refractivity contribution is -0.136. The number of carbonyl (C=O) groups excluding carboxylic acids is 3. The van der Waals surface area contributed by atoms with E-state index in [4.69, 9.17) is 4.74 Å². The number of hydrogen-bond donors (Lipinski definition) is 2. The van der Waals surface area contributed by atoms with E-state index in [2.05, 4.69) is 76.6 Å². The van der Waals surface area contributed by atoms with Crippen molar-refractivity contribution < 1.29 is 24.2 Å². The van der Waals surface area contributed by atoms with Crippen molar-refractivity contribution in [2.45, 2.75) is 70.6 Å². The number of ether oxygens (including phenoxy) is 1. The summed E-state index contributed by atoms with van der Waals surface area (Å²) in [5, 5.41) is 12.4. The van der Waals surface area contributed by atoms with E-state index in [1.54, 1.807) is 17.0 Å². The van der Waals surface area contributed by atoms with E-state index >= 15 is 0 Å². The molecule has 4 aliphatic rings. The van der Waals surface area contributed by atoms with Gasteiger partial charge < -0.3 is 24.5 Å². The van der Waals surface area contributed by atoms with Crippen molar-refractivity contribution in [3.63, 3.8) is 0 Å². The van der Waals surface area contributed by atoms with E-state index in [0.29, 0.717) is 24.4 Å². The summed E-state index contributed by atoms with van der Waals surface area (Å²) in [6.07, 6.45) is 5.92. The van der Waals surface area contributed by atoms with Crippen LogP contribution in [0.5, 0.6) is 11.5 Å². The number of nitrogens with zero attached hydrogens (tertiary/aromatic N) is 3. The Balaban J connectivity index is 0.826. The molecule has 3 amide bonds. The average Bonchev–Trinajstić information content (AvgIpc) is 3.53. The molecule has 1 unspecified atom stereocenters. The number of fused-ring (bicyclic) bond motifs is 1. The molecule has 4 aromatic carbocycles. The second kappa shape index (κ2) is 16.1. The topological polar surface area (TPSA) is 102 Å². The van der Waals surface area contributed by atoms with E-state index in [9.17, 15) is 19.5 Å². The van der Waals surface area contributed by atoms with Crippen LogP contribution in [0.15, 0.2) is 97.1 Å². The van der Waals surface area contributed by atoms with Gasteiger partial charge in [0.2, 0.25) is 11.8 Å². The molecule has 0 aromatic heterocycles. The molecule has 9 nitrogen and oxygen atoms in total. The average molecular weight is 739 g/mol. The van der Waals surface area contributed by atoms with Crippen LogP contribution in [-0.2, 0) is 16.1 Å². The van der Waals surface area contributed by atoms with Crippen LogP contribution in [0.1, 0.15) is 84.5 Å². The first-order chi connectivity index (χ1) is 26.8. The minimum atomic E-state index is -0.612. The maximum absolute atomic E-state index is 13.1. The predicted octanol–water partition coefficient (Wildman–Crippen LogP) is 7.28. The number of piperidine rings is 3. The van der Waals surface area contributed by atoms with Crippen LogP contribution in [0.2, 0.25) is 0 Å². The van der Waals surface area contributed by atoms with Crippen LogP contribution < -0.4 is 15.0 Å². The third-order valence-corrected chi connectivity index (χ3v) is 11.9. The third-order valence-electron chi connectivity index (χ3n) is 11.9. The van der Waals surface area contributed by atoms with E-state index < -0.39 is 11.9 Å². The Morgan fingerprint density at radius 2 is 1.47 bits per heavy atom. The molecule has 8 rings (SSSR count). The van der Waals surface area contributed by atoms with Gasteiger partial charge in [-0.1, -0.05) is 61.5 Å². The third kappa shape index (κ3) is 8.03. The number of nitrogens with one attached hydrogen (secondary N) is 1. The Morgan fingerprint density at radius 3 is 2.15 bits per heavy atom. The fourth-order valence-electron chi connectivity index (χ4n) is 8.91. The summed E-state index contributed by atoms with van der Waals surface area (Å²) in [7, 11) is 0. The fraction of sp³-hybridized carbons (Fsp3) is 0.370. The molecule has 3 fully saturated rings. The first-order valence-corrected chi connectivity index (χ1v) is 19.9. The highest BCUT2D eigenvalue weighted by atomic mass is 16.5. The first kappa shape index (κ1) is 36.6. The summed E-state index contributed by atoms with van der Waals surface area (Å²) < 4.78 is 6.43. The van der Waals surface area contributed by atoms with Crippen molar-refractivity contribution in [1.29, 1.82) is 0 Å². The highest BCUT2D eigenvalue weighted by Gasteiger charge is 2.39. The first-order valence-electron chi connectivity index (χ1n) is 19.9. The number of carbonyl (C=O) groups is 3. The summed E-state index contributed by atoms with van der Waals surface area (Å²) in [6.45, 7) is 7.81. The summed E-state index contributed by atoms with van der Waals surface area (Å²) in [6, 6.07) is 32.2. The molecule has 0 bridgehead atoms. The number of anilines is 1. The van der Waals surface area contributed by atoms with Gasteiger partial charge in [-0.15, -0.1) is 0 Å². The molecule has 4 aliphatic heterocycles. The molecule has 4 heterocycles. The van der Waals surface area contributed by atoms with Gasteiger partial charge in [0.05, 0.1) is 0 Å². The molecular weight excluding hydrogens is 689 g/mol. The van der Waals surface area contributed by atoms with Crippen LogP contribution in [-0.4, -0.2) is 77.5 Å². The van der Waals surface area contributed by atoms with Gasteiger partial charge in [-0.2, -0.15) is 0 Å². The van der Waals surface area contributed by atoms with Gasteiger partial charge >= 0.3 is 0 Å². The standard InChI is InChI=1S/C46H50N4O5/c1-2-40(32-6-4-3-5-7-32)44(34-10-14-37(51)15-11-34)33-8-12-36(13-9-33)49-26-20-31(21-27-49)29-48-24-22-38(23-25-48)55-39-16-17-41-35(28-39)30-50(46(41)54)42-18-19-43(52)47-45(42)53/h3-17,28,31,38,42,51H,2,18-27,29-30H2,1H3,(H,47,52,53). The molecule has 3 saturated heterocycles. The number of phenolic OH excluding ortho intramolecular Hbond substituents is 1. The molecule has 1 atom stereocenters. The number of rotatable bonds is 10. The SMILES string of the molecule is CCC(=C(c1ccc(O)cc1)c1ccc(N2CCC(CN3CCC(Oc4ccc5c(c4)CN(C4CCC(=O)NC4=O)C5=O)CC3)CC2)cc1)c1ccccc1. The minimum Gasteiger partial charge on any atom is -0.508 e. The van der Waals surface area contributed by atoms with E-state index in [-0.39, 0.29) is 30.1 Å². The highest BCUT2D eigenvalue weighted by molar-refractivity contribution is 6.05. The van der Waals surface area contributed by atoms with Gasteiger partial charge in [0.1, 0.15) is 23.6 Å². The van der Waals surface area contributed by atoms with Gasteiger partial charge in [0.25, 0.3) is 5.91 Å². The Labute approximate surface area is 323 Å². The van der Waals surface area contributed by atoms with Crippen molar-refractivity contribution in [2.24, 2.45) is 5.92 Å². The maximum Gasteiger partial charge on any atom is 0.255 e. The fourth-order valence-corrected chi connectivity index (χ4v) is 8.91. The summed E-state index contributed by atoms with van der Waals surface area (Å²) in [5.74, 6) is 0.883. The van der Waals surface area contributed by atoms with Crippen molar-refractivity contribution in [1.82, 2.24) is 15.1 Å². The Bertz CT molecular complexity index is 2050. The number of likely N-dealkylation sites (tertiary alicyclic amines) is 1. The molecule has 55 heavy (non-hydrogen) atoms. The number of amides is 3. The summed E-state index contributed by atoms with van der Waals surface area (Å²) >= 11 is 0. The van der Waals surface area contributed by atoms with Gasteiger partial charge in [-0.25, -0.2) is 0 Å². The van der Waals surface area contributed by atoms with Gasteiger partial charge in [0.15, 0.2) is 0 Å². The monoisotopic (exact) mass is 738 g/mol. The zero-order valence-corrected chi connectivity index (χ0v) is 31.6. The quantitative estimate of drug-likeness (QED) is 0.130. The lowest BCUT2D eigenvalue weighted by atomic mass is 9.88. The number of aromatic hydroxyl groups is 1. The van der Waals surface area contributed by atoms with Crippen molar-refractivity contribution in [3.05, 3.63) is 125 Å². The van der Waals surface area contributed by atoms with Crippen molar-refractivity contribution >= 4 is 34.6 Å². The van der Waals surface area contributed by atoms with Gasteiger partial charge in [0, 0.05) is 56.9 Å². The smallest absolute Gasteiger partial charge is 0.255 e. The Kier molecular flexibility index (Phi) is 10.7. The molecule has 0 saturated carbocycles. The van der Waals surface area contributed by atoms with Crippen molar-refractivity contribution in [2.75, 3.05) is 37.6 Å². The normalized spacial score (nSPS) is 20.3. The zero-order valence-electron chi connectivity index (χ0n) is 31.6. The lowest BCUT2D eigenvalue weighted by Gasteiger charge is -2.38. The van der Waals surface area contributed by atoms with Crippen LogP contribution in [0, 0.1) is 5.92 Å². The minimum absolute atomic E-state index is 0.132. The number of imide groups is 1. The second-order valence-electron chi connectivity index (χ2n) is 15.4. The Hall–Kier alpha value is -5.41. The van der Waals surface area contributed by atoms with E-state index in [0.717, 1.165) is 68.9 Å². The number of allylic oxidation sites excluding steroid dienone is 1. The Morgan fingerprint density at radius 1 is 0.782 bits per heavy atom. The molecular formula is C46H50N4O5. The zero-order chi connectivity index (χ0) is 37.9. The molecule has 0 radical (unpaired) electrons. The summed E-state index contributed by atoms with van der Waals surface area (Å²) in [4.78, 5) is 43.8. The molecule has 0 aliphatic carbocycles. The molecule has 284 valence electrons. The number of benzene rings is 4. The van der Waals surface area contributed by atoms with E-state index in [1.165, 1.54) is 40.8 Å². The molecule has 9 heteroatoms. The van der Waals surface area contributed by atoms with Gasteiger partial charge in [-0.05, 0) is 120 Å². The van der Waals surface area contributed by atoms with Crippen molar-refractivity contribution in [3.8, 4) is 11.5 Å². The predicted molar refractivity (Wildman–Crippen MR) is 215 cm³/mol. The number of phenols is 1. The van der Waals surface area contributed by atoms with Crippen LogP contribution in [0.4, 0.5) is 5.69 Å². The maximum atomic E-state index is 13.1. The largest absolute Gasteiger partial charge is 0.508 e. The van der Waals surface area contributed by atoms with E-state index in [1.807, 2.05) is 30.3 Å². The highest BCUT2D eigenvalue weighted by Crippen LogP contribution is 2.37. The molecule has 0 spiro atoms.